The molecule has 3 aromatic carbocycles. The standard InChI is InChI=1S/C44H72N6/c1-35(2)31-47-22-10-18-45-20-12-24-49-33-37-14-8-16-39(26-37)41-28-42(30-43(29-41)44(5,6)7)40-17-9-15-38(27-40)34-50-25-13-21-46-19-11-23-48-32-36(3)4/h8-9,14-17,26-30,35-36,45-50H,10-13,18-25,31-34H2,1-7H3. The van der Waals surface area contributed by atoms with Crippen molar-refractivity contribution >= 4 is 0 Å². The summed E-state index contributed by atoms with van der Waals surface area (Å²) in [4.78, 5) is 0. The SMILES string of the molecule is CC(C)CNCCCNCCCNCc1cccc(-c2cc(-c3cccc(CNCCCNCCCNCC(C)C)c3)cc(C(C)(C)C)c2)c1. The van der Waals surface area contributed by atoms with E-state index < -0.39 is 0 Å². The lowest BCUT2D eigenvalue weighted by atomic mass is 9.83. The monoisotopic (exact) mass is 685 g/mol. The van der Waals surface area contributed by atoms with Gasteiger partial charge < -0.3 is 31.9 Å². The van der Waals surface area contributed by atoms with Crippen LogP contribution in [0.3, 0.4) is 0 Å². The molecule has 6 heteroatoms. The number of nitrogens with one attached hydrogen (secondary N) is 6. The van der Waals surface area contributed by atoms with Gasteiger partial charge in [0.15, 0.2) is 0 Å². The van der Waals surface area contributed by atoms with Gasteiger partial charge in [0.2, 0.25) is 0 Å². The zero-order valence-electron chi connectivity index (χ0n) is 32.8. The largest absolute Gasteiger partial charge is 0.317 e. The van der Waals surface area contributed by atoms with Gasteiger partial charge in [-0.15, -0.1) is 0 Å². The van der Waals surface area contributed by atoms with E-state index in [1.165, 1.54) is 51.8 Å². The average molecular weight is 685 g/mol. The first-order chi connectivity index (χ1) is 24.1. The van der Waals surface area contributed by atoms with Gasteiger partial charge in [-0.3, -0.25) is 0 Å². The van der Waals surface area contributed by atoms with Crippen molar-refractivity contribution in [2.45, 2.75) is 92.7 Å². The van der Waals surface area contributed by atoms with Gasteiger partial charge in [0.05, 0.1) is 0 Å². The second-order valence-electron chi connectivity index (χ2n) is 15.9. The van der Waals surface area contributed by atoms with Gasteiger partial charge >= 0.3 is 0 Å². The number of hydrogen-bond acceptors (Lipinski definition) is 6. The Morgan fingerprint density at radius 2 is 0.820 bits per heavy atom. The fraction of sp³-hybridized carbons (Fsp3) is 0.591. The maximum atomic E-state index is 3.66. The van der Waals surface area contributed by atoms with E-state index in [0.29, 0.717) is 0 Å². The third-order valence-corrected chi connectivity index (χ3v) is 8.91. The third-order valence-electron chi connectivity index (χ3n) is 8.91. The van der Waals surface area contributed by atoms with Crippen molar-refractivity contribution in [3.63, 3.8) is 0 Å². The molecule has 0 heterocycles. The zero-order valence-corrected chi connectivity index (χ0v) is 32.8. The molecule has 0 saturated heterocycles. The fourth-order valence-corrected chi connectivity index (χ4v) is 5.97. The maximum absolute atomic E-state index is 3.66. The van der Waals surface area contributed by atoms with Gasteiger partial charge in [0.1, 0.15) is 0 Å². The highest BCUT2D eigenvalue weighted by molar-refractivity contribution is 5.75. The van der Waals surface area contributed by atoms with Crippen LogP contribution in [0.1, 0.15) is 90.8 Å². The lowest BCUT2D eigenvalue weighted by molar-refractivity contribution is 0.525. The van der Waals surface area contributed by atoms with Crippen LogP contribution in [0.5, 0.6) is 0 Å². The van der Waals surface area contributed by atoms with Crippen molar-refractivity contribution in [1.82, 2.24) is 31.9 Å². The Kier molecular flexibility index (Phi) is 19.9. The summed E-state index contributed by atoms with van der Waals surface area (Å²) in [6.07, 6.45) is 4.64. The highest BCUT2D eigenvalue weighted by Gasteiger charge is 2.17. The molecule has 6 N–H and O–H groups in total. The van der Waals surface area contributed by atoms with Crippen LogP contribution in [0.4, 0.5) is 0 Å². The van der Waals surface area contributed by atoms with Crippen LogP contribution in [-0.2, 0) is 18.5 Å². The zero-order chi connectivity index (χ0) is 36.0. The van der Waals surface area contributed by atoms with Crippen molar-refractivity contribution in [1.29, 1.82) is 0 Å². The molecule has 50 heavy (non-hydrogen) atoms. The summed E-state index contributed by atoms with van der Waals surface area (Å²) in [7, 11) is 0. The van der Waals surface area contributed by atoms with Crippen LogP contribution in [0.15, 0.2) is 66.7 Å². The van der Waals surface area contributed by atoms with E-state index in [1.54, 1.807) is 0 Å². The van der Waals surface area contributed by atoms with Crippen LogP contribution < -0.4 is 31.9 Å². The summed E-state index contributed by atoms with van der Waals surface area (Å²) < 4.78 is 0. The maximum Gasteiger partial charge on any atom is 0.0205 e. The second kappa shape index (κ2) is 23.8. The molecule has 0 amide bonds. The minimum atomic E-state index is 0.0559. The second-order valence-corrected chi connectivity index (χ2v) is 15.9. The summed E-state index contributed by atoms with van der Waals surface area (Å²) in [6.45, 7) is 28.5. The number of rotatable bonds is 26. The van der Waals surface area contributed by atoms with E-state index in [9.17, 15) is 0 Å². The fourth-order valence-electron chi connectivity index (χ4n) is 5.97. The molecule has 6 nitrogen and oxygen atoms in total. The molecule has 0 bridgehead atoms. The third kappa shape index (κ3) is 17.6. The van der Waals surface area contributed by atoms with Gasteiger partial charge in [-0.1, -0.05) is 97.0 Å². The summed E-state index contributed by atoms with van der Waals surface area (Å²) in [5, 5.41) is 21.5. The van der Waals surface area contributed by atoms with Crippen LogP contribution in [0.25, 0.3) is 22.3 Å². The van der Waals surface area contributed by atoms with E-state index in [4.69, 9.17) is 0 Å². The Morgan fingerprint density at radius 3 is 1.20 bits per heavy atom. The minimum Gasteiger partial charge on any atom is -0.317 e. The van der Waals surface area contributed by atoms with Gasteiger partial charge in [0, 0.05) is 13.1 Å². The lowest BCUT2D eigenvalue weighted by Gasteiger charge is -2.22. The van der Waals surface area contributed by atoms with Gasteiger partial charge in [-0.05, 0) is 166 Å². The first kappa shape index (κ1) is 41.8. The topological polar surface area (TPSA) is 72.2 Å². The van der Waals surface area contributed by atoms with Crippen LogP contribution in [0.2, 0.25) is 0 Å². The Morgan fingerprint density at radius 1 is 0.440 bits per heavy atom. The molecule has 278 valence electrons. The van der Waals surface area contributed by atoms with E-state index in [-0.39, 0.29) is 5.41 Å². The molecular weight excluding hydrogens is 613 g/mol. The molecule has 0 aliphatic rings. The molecule has 0 aliphatic carbocycles. The van der Waals surface area contributed by atoms with Crippen molar-refractivity contribution < 1.29 is 0 Å². The van der Waals surface area contributed by atoms with E-state index in [1.807, 2.05) is 0 Å². The number of hydrogen-bond donors (Lipinski definition) is 6. The molecule has 0 spiro atoms. The van der Waals surface area contributed by atoms with Crippen molar-refractivity contribution in [2.75, 3.05) is 65.4 Å². The summed E-state index contributed by atoms with van der Waals surface area (Å²) in [6, 6.07) is 25.3. The van der Waals surface area contributed by atoms with Crippen LogP contribution in [0, 0.1) is 11.8 Å². The molecule has 0 saturated carbocycles. The molecule has 3 aromatic rings. The molecule has 0 unspecified atom stereocenters. The Hall–Kier alpha value is -2.58. The highest BCUT2D eigenvalue weighted by Crippen LogP contribution is 2.34. The molecule has 0 radical (unpaired) electrons. The van der Waals surface area contributed by atoms with Crippen molar-refractivity contribution in [3.05, 3.63) is 83.4 Å². The molecule has 3 rings (SSSR count). The average Bonchev–Trinajstić information content (AvgIpc) is 3.09. The first-order valence-corrected chi connectivity index (χ1v) is 19.7. The Balaban J connectivity index is 1.49. The van der Waals surface area contributed by atoms with Crippen LogP contribution in [-0.4, -0.2) is 65.4 Å². The van der Waals surface area contributed by atoms with E-state index in [2.05, 4.69) is 147 Å². The van der Waals surface area contributed by atoms with Crippen molar-refractivity contribution in [2.24, 2.45) is 11.8 Å². The highest BCUT2D eigenvalue weighted by atomic mass is 14.9. The molecule has 0 aromatic heterocycles. The minimum absolute atomic E-state index is 0.0559. The van der Waals surface area contributed by atoms with Gasteiger partial charge in [-0.2, -0.15) is 0 Å². The molecule has 0 atom stereocenters. The smallest absolute Gasteiger partial charge is 0.0205 e. The predicted molar refractivity (Wildman–Crippen MR) is 219 cm³/mol. The van der Waals surface area contributed by atoms with Crippen LogP contribution >= 0.6 is 0 Å². The van der Waals surface area contributed by atoms with Crippen molar-refractivity contribution in [3.8, 4) is 22.3 Å². The summed E-state index contributed by atoms with van der Waals surface area (Å²) >= 11 is 0. The quantitative estimate of drug-likeness (QED) is 0.0487. The van der Waals surface area contributed by atoms with E-state index in [0.717, 1.165) is 103 Å². The molecule has 0 fully saturated rings. The van der Waals surface area contributed by atoms with E-state index >= 15 is 0 Å². The first-order valence-electron chi connectivity index (χ1n) is 19.7. The summed E-state index contributed by atoms with van der Waals surface area (Å²) in [5.74, 6) is 1.44. The Bertz CT molecular complexity index is 1240. The molecule has 0 aliphatic heterocycles. The normalized spacial score (nSPS) is 12.0. The Labute approximate surface area is 306 Å². The summed E-state index contributed by atoms with van der Waals surface area (Å²) in [5.41, 5.74) is 9.21. The molecular formula is C44H72N6. The lowest BCUT2D eigenvalue weighted by Crippen LogP contribution is -2.26. The number of benzene rings is 3. The van der Waals surface area contributed by atoms with Gasteiger partial charge in [0.25, 0.3) is 0 Å². The predicted octanol–water partition coefficient (Wildman–Crippen LogP) is 7.73. The van der Waals surface area contributed by atoms with Gasteiger partial charge in [-0.25, -0.2) is 0 Å².